The zero-order chi connectivity index (χ0) is 24.5. The second-order valence-electron chi connectivity index (χ2n) is 8.44. The van der Waals surface area contributed by atoms with Crippen molar-refractivity contribution >= 4 is 34.3 Å². The van der Waals surface area contributed by atoms with Gasteiger partial charge in [0.2, 0.25) is 11.8 Å². The molecule has 8 heteroatoms. The summed E-state index contributed by atoms with van der Waals surface area (Å²) >= 11 is 0. The minimum Gasteiger partial charge on any atom is -0.497 e. The van der Waals surface area contributed by atoms with Crippen molar-refractivity contribution in [3.05, 3.63) is 53.9 Å². The van der Waals surface area contributed by atoms with E-state index in [4.69, 9.17) is 4.74 Å². The van der Waals surface area contributed by atoms with Gasteiger partial charge in [-0.1, -0.05) is 18.9 Å². The van der Waals surface area contributed by atoms with Gasteiger partial charge in [0.05, 0.1) is 13.5 Å². The van der Waals surface area contributed by atoms with E-state index in [9.17, 15) is 14.4 Å². The number of aromatic amines is 1. The van der Waals surface area contributed by atoms with Crippen LogP contribution in [0.5, 0.6) is 5.75 Å². The van der Waals surface area contributed by atoms with Gasteiger partial charge in [0, 0.05) is 29.2 Å². The van der Waals surface area contributed by atoms with E-state index in [2.05, 4.69) is 20.6 Å². The van der Waals surface area contributed by atoms with E-state index in [1.807, 2.05) is 25.1 Å². The van der Waals surface area contributed by atoms with Gasteiger partial charge in [-0.25, -0.2) is 4.98 Å². The molecule has 34 heavy (non-hydrogen) atoms. The van der Waals surface area contributed by atoms with E-state index in [0.29, 0.717) is 24.4 Å². The summed E-state index contributed by atoms with van der Waals surface area (Å²) in [5, 5.41) is 6.61. The number of H-pyrrole nitrogens is 1. The molecule has 0 radical (unpaired) electrons. The SMILES string of the molecule is COc1ccc2[nH]c(C)c(CC(=O)N[C@@H](CCCCCC(C)=O)C(=O)Nc3ccccn3)c2c1. The van der Waals surface area contributed by atoms with Crippen LogP contribution in [0.1, 0.15) is 50.3 Å². The molecule has 1 atom stereocenters. The Bertz CT molecular complexity index is 1140. The number of aryl methyl sites for hydroxylation is 1. The number of hydrogen-bond donors (Lipinski definition) is 3. The van der Waals surface area contributed by atoms with Gasteiger partial charge in [-0.15, -0.1) is 0 Å². The van der Waals surface area contributed by atoms with Crippen LogP contribution < -0.4 is 15.4 Å². The van der Waals surface area contributed by atoms with E-state index in [0.717, 1.165) is 41.4 Å². The van der Waals surface area contributed by atoms with Gasteiger partial charge in [-0.3, -0.25) is 9.59 Å². The highest BCUT2D eigenvalue weighted by Crippen LogP contribution is 2.26. The zero-order valence-corrected chi connectivity index (χ0v) is 19.9. The van der Waals surface area contributed by atoms with Crippen molar-refractivity contribution in [2.75, 3.05) is 12.4 Å². The number of anilines is 1. The van der Waals surface area contributed by atoms with Crippen LogP contribution in [0.4, 0.5) is 5.82 Å². The first-order valence-corrected chi connectivity index (χ1v) is 11.5. The van der Waals surface area contributed by atoms with Gasteiger partial charge in [-0.05, 0) is 62.6 Å². The summed E-state index contributed by atoms with van der Waals surface area (Å²) in [6, 6.07) is 10.2. The summed E-state index contributed by atoms with van der Waals surface area (Å²) < 4.78 is 5.33. The smallest absolute Gasteiger partial charge is 0.248 e. The lowest BCUT2D eigenvalue weighted by atomic mass is 10.0. The van der Waals surface area contributed by atoms with Crippen LogP contribution in [-0.4, -0.2) is 40.7 Å². The predicted molar refractivity (Wildman–Crippen MR) is 132 cm³/mol. The summed E-state index contributed by atoms with van der Waals surface area (Å²) in [6.07, 6.45) is 5.04. The number of benzene rings is 1. The summed E-state index contributed by atoms with van der Waals surface area (Å²) in [6.45, 7) is 3.50. The highest BCUT2D eigenvalue weighted by Gasteiger charge is 2.22. The van der Waals surface area contributed by atoms with Crippen molar-refractivity contribution in [2.24, 2.45) is 0 Å². The highest BCUT2D eigenvalue weighted by atomic mass is 16.5. The summed E-state index contributed by atoms with van der Waals surface area (Å²) in [5.41, 5.74) is 2.70. The Balaban J connectivity index is 1.69. The molecular formula is C26H32N4O4. The lowest BCUT2D eigenvalue weighted by molar-refractivity contribution is -0.126. The van der Waals surface area contributed by atoms with Gasteiger partial charge in [0.15, 0.2) is 0 Å². The maximum absolute atomic E-state index is 13.0. The molecule has 0 saturated carbocycles. The first kappa shape index (κ1) is 25.0. The number of pyridine rings is 1. The second-order valence-corrected chi connectivity index (χ2v) is 8.44. The summed E-state index contributed by atoms with van der Waals surface area (Å²) in [4.78, 5) is 44.6. The lowest BCUT2D eigenvalue weighted by Gasteiger charge is -2.18. The maximum atomic E-state index is 13.0. The van der Waals surface area contributed by atoms with Crippen LogP contribution >= 0.6 is 0 Å². The molecule has 0 unspecified atom stereocenters. The zero-order valence-electron chi connectivity index (χ0n) is 19.9. The first-order chi connectivity index (χ1) is 16.4. The second kappa shape index (κ2) is 12.0. The Morgan fingerprint density at radius 1 is 1.12 bits per heavy atom. The average Bonchev–Trinajstić information content (AvgIpc) is 3.12. The van der Waals surface area contributed by atoms with Crippen molar-refractivity contribution in [3.8, 4) is 5.75 Å². The van der Waals surface area contributed by atoms with Crippen molar-refractivity contribution in [3.63, 3.8) is 0 Å². The van der Waals surface area contributed by atoms with Crippen molar-refractivity contribution < 1.29 is 19.1 Å². The maximum Gasteiger partial charge on any atom is 0.248 e. The molecule has 3 rings (SSSR count). The van der Waals surface area contributed by atoms with Crippen LogP contribution in [-0.2, 0) is 20.8 Å². The average molecular weight is 465 g/mol. The molecule has 2 heterocycles. The third-order valence-electron chi connectivity index (χ3n) is 5.75. The fourth-order valence-electron chi connectivity index (χ4n) is 3.94. The number of nitrogens with one attached hydrogen (secondary N) is 3. The lowest BCUT2D eigenvalue weighted by Crippen LogP contribution is -2.44. The topological polar surface area (TPSA) is 113 Å². The molecule has 0 aliphatic carbocycles. The number of nitrogens with zero attached hydrogens (tertiary/aromatic N) is 1. The fourth-order valence-corrected chi connectivity index (χ4v) is 3.94. The quantitative estimate of drug-likeness (QED) is 0.350. The number of amides is 2. The Kier molecular flexibility index (Phi) is 8.79. The molecule has 0 aliphatic rings. The molecule has 0 spiro atoms. The molecule has 3 aromatic rings. The molecule has 0 aliphatic heterocycles. The Morgan fingerprint density at radius 2 is 1.94 bits per heavy atom. The van der Waals surface area contributed by atoms with Crippen LogP contribution in [0.3, 0.4) is 0 Å². The third kappa shape index (κ3) is 6.91. The molecule has 1 aromatic carbocycles. The minimum absolute atomic E-state index is 0.136. The number of rotatable bonds is 12. The van der Waals surface area contributed by atoms with E-state index < -0.39 is 6.04 Å². The molecule has 3 N–H and O–H groups in total. The first-order valence-electron chi connectivity index (χ1n) is 11.5. The number of fused-ring (bicyclic) bond motifs is 1. The molecule has 0 saturated heterocycles. The number of carbonyl (C=O) groups excluding carboxylic acids is 3. The molecule has 180 valence electrons. The number of Topliss-reactive ketones (excluding diaryl/α,β-unsaturated/α-hetero) is 1. The van der Waals surface area contributed by atoms with Gasteiger partial charge in [0.1, 0.15) is 23.4 Å². The number of carbonyl (C=O) groups is 3. The normalized spacial score (nSPS) is 11.7. The number of unbranched alkanes of at least 4 members (excludes halogenated alkanes) is 2. The molecule has 8 nitrogen and oxygen atoms in total. The van der Waals surface area contributed by atoms with Gasteiger partial charge in [-0.2, -0.15) is 0 Å². The highest BCUT2D eigenvalue weighted by molar-refractivity contribution is 5.97. The molecule has 2 aromatic heterocycles. The van der Waals surface area contributed by atoms with Crippen LogP contribution in [0.2, 0.25) is 0 Å². The number of ketones is 1. The number of hydrogen-bond acceptors (Lipinski definition) is 5. The van der Waals surface area contributed by atoms with Crippen LogP contribution in [0, 0.1) is 6.92 Å². The van der Waals surface area contributed by atoms with E-state index in [1.165, 1.54) is 0 Å². The standard InChI is InChI=1S/C26H32N4O4/c1-17(31)9-5-4-6-10-23(26(33)30-24-11-7-8-14-27-24)29-25(32)16-20-18(2)28-22-13-12-19(34-3)15-21(20)22/h7-8,11-15,23,28H,4-6,9-10,16H2,1-3H3,(H,29,32)(H,27,30,33)/t23-/m0/s1. The number of methoxy groups -OCH3 is 1. The predicted octanol–water partition coefficient (Wildman–Crippen LogP) is 4.09. The Labute approximate surface area is 199 Å². The van der Waals surface area contributed by atoms with Crippen LogP contribution in [0.15, 0.2) is 42.6 Å². The monoisotopic (exact) mass is 464 g/mol. The van der Waals surface area contributed by atoms with E-state index in [1.54, 1.807) is 38.4 Å². The molecule has 0 fully saturated rings. The number of ether oxygens (including phenoxy) is 1. The molecule has 0 bridgehead atoms. The van der Waals surface area contributed by atoms with Crippen LogP contribution in [0.25, 0.3) is 10.9 Å². The molecule has 2 amide bonds. The van der Waals surface area contributed by atoms with Gasteiger partial charge < -0.3 is 25.1 Å². The van der Waals surface area contributed by atoms with Gasteiger partial charge in [0.25, 0.3) is 0 Å². The summed E-state index contributed by atoms with van der Waals surface area (Å²) in [5.74, 6) is 0.755. The van der Waals surface area contributed by atoms with Crippen molar-refractivity contribution in [1.29, 1.82) is 0 Å². The Hall–Kier alpha value is -3.68. The molecular weight excluding hydrogens is 432 g/mol. The van der Waals surface area contributed by atoms with Crippen molar-refractivity contribution in [2.45, 2.75) is 58.4 Å². The van der Waals surface area contributed by atoms with Gasteiger partial charge >= 0.3 is 0 Å². The Morgan fingerprint density at radius 3 is 2.65 bits per heavy atom. The number of aromatic nitrogens is 2. The largest absolute Gasteiger partial charge is 0.497 e. The summed E-state index contributed by atoms with van der Waals surface area (Å²) in [7, 11) is 1.61. The minimum atomic E-state index is -0.702. The fraction of sp³-hybridized carbons (Fsp3) is 0.385. The van der Waals surface area contributed by atoms with Crippen molar-refractivity contribution in [1.82, 2.24) is 15.3 Å². The van der Waals surface area contributed by atoms with E-state index >= 15 is 0 Å². The van der Waals surface area contributed by atoms with E-state index in [-0.39, 0.29) is 24.0 Å². The third-order valence-corrected chi connectivity index (χ3v) is 5.75.